The number of pyridine rings is 1. The topological polar surface area (TPSA) is 54.9 Å². The van der Waals surface area contributed by atoms with Gasteiger partial charge in [0.2, 0.25) is 0 Å². The van der Waals surface area contributed by atoms with Crippen LogP contribution in [0.25, 0.3) is 0 Å². The molecule has 3 aromatic rings. The lowest BCUT2D eigenvalue weighted by Gasteiger charge is -2.06. The molecule has 4 nitrogen and oxygen atoms in total. The van der Waals surface area contributed by atoms with Crippen LogP contribution in [0.4, 0.5) is 5.82 Å². The number of amides is 1. The Morgan fingerprint density at radius 3 is 2.58 bits per heavy atom. The van der Waals surface area contributed by atoms with Gasteiger partial charge in [0.15, 0.2) is 0 Å². The lowest BCUT2D eigenvalue weighted by molar-refractivity contribution is 0.102. The number of hydrogen-bond donors (Lipinski definition) is 1. The van der Waals surface area contributed by atoms with Gasteiger partial charge in [-0.15, -0.1) is 23.1 Å². The Labute approximate surface area is 149 Å². The fourth-order valence-electron chi connectivity index (χ4n) is 2.06. The highest BCUT2D eigenvalue weighted by molar-refractivity contribution is 7.98. The van der Waals surface area contributed by atoms with E-state index in [1.165, 1.54) is 0 Å². The van der Waals surface area contributed by atoms with Crippen molar-refractivity contribution in [3.63, 3.8) is 0 Å². The summed E-state index contributed by atoms with van der Waals surface area (Å²) in [7, 11) is 0. The zero-order chi connectivity index (χ0) is 16.9. The van der Waals surface area contributed by atoms with Crippen LogP contribution in [0, 0.1) is 13.8 Å². The summed E-state index contributed by atoms with van der Waals surface area (Å²) >= 11 is 3.38. The molecular weight excluding hydrogens is 338 g/mol. The monoisotopic (exact) mass is 355 g/mol. The molecule has 0 saturated heterocycles. The molecule has 1 amide bonds. The van der Waals surface area contributed by atoms with E-state index in [9.17, 15) is 4.79 Å². The third kappa shape index (κ3) is 4.43. The summed E-state index contributed by atoms with van der Waals surface area (Å²) in [5.41, 5.74) is 2.77. The van der Waals surface area contributed by atoms with Crippen LogP contribution in [0.3, 0.4) is 0 Å². The first-order valence-electron chi connectivity index (χ1n) is 7.48. The normalized spacial score (nSPS) is 10.6. The zero-order valence-corrected chi connectivity index (χ0v) is 15.1. The van der Waals surface area contributed by atoms with Gasteiger partial charge in [0.1, 0.15) is 5.82 Å². The van der Waals surface area contributed by atoms with Crippen molar-refractivity contribution in [1.82, 2.24) is 9.97 Å². The van der Waals surface area contributed by atoms with Crippen LogP contribution in [0.1, 0.15) is 26.6 Å². The highest BCUT2D eigenvalue weighted by atomic mass is 32.2. The fourth-order valence-corrected chi connectivity index (χ4v) is 3.57. The predicted octanol–water partition coefficient (Wildman–Crippen LogP) is 4.70. The van der Waals surface area contributed by atoms with Crippen molar-refractivity contribution >= 4 is 34.8 Å². The molecular formula is C18H17N3OS2. The van der Waals surface area contributed by atoms with Crippen molar-refractivity contribution < 1.29 is 4.79 Å². The fraction of sp³-hybridized carbons (Fsp3) is 0.167. The first kappa shape index (κ1) is 16.7. The highest BCUT2D eigenvalue weighted by Crippen LogP contribution is 2.24. The Bertz CT molecular complexity index is 826. The van der Waals surface area contributed by atoms with E-state index in [0.29, 0.717) is 11.4 Å². The second-order valence-electron chi connectivity index (χ2n) is 5.35. The zero-order valence-electron chi connectivity index (χ0n) is 13.4. The summed E-state index contributed by atoms with van der Waals surface area (Å²) in [5, 5.41) is 5.97. The van der Waals surface area contributed by atoms with Crippen LogP contribution < -0.4 is 5.32 Å². The van der Waals surface area contributed by atoms with Crippen molar-refractivity contribution in [3.05, 3.63) is 69.8 Å². The molecule has 0 bridgehead atoms. The van der Waals surface area contributed by atoms with Gasteiger partial charge in [-0.1, -0.05) is 6.07 Å². The molecule has 0 aliphatic carbocycles. The SMILES string of the molecule is Cc1ccc(NC(=O)c2ccc(SCc3csc(C)n3)cc2)nc1. The van der Waals surface area contributed by atoms with E-state index in [0.717, 1.165) is 26.9 Å². The predicted molar refractivity (Wildman–Crippen MR) is 99.8 cm³/mol. The molecule has 0 aliphatic rings. The molecule has 0 unspecified atom stereocenters. The maximum atomic E-state index is 12.2. The number of anilines is 1. The summed E-state index contributed by atoms with van der Waals surface area (Å²) in [6.45, 7) is 3.97. The summed E-state index contributed by atoms with van der Waals surface area (Å²) in [4.78, 5) is 22.0. The third-order valence-electron chi connectivity index (χ3n) is 3.32. The van der Waals surface area contributed by atoms with Crippen LogP contribution in [0.15, 0.2) is 52.9 Å². The Hall–Kier alpha value is -2.18. The molecule has 1 N–H and O–H groups in total. The second kappa shape index (κ2) is 7.59. The van der Waals surface area contributed by atoms with Gasteiger partial charge >= 0.3 is 0 Å². The van der Waals surface area contributed by atoms with E-state index in [4.69, 9.17) is 0 Å². The molecule has 122 valence electrons. The number of aromatic nitrogens is 2. The molecule has 0 fully saturated rings. The molecule has 0 saturated carbocycles. The van der Waals surface area contributed by atoms with Crippen molar-refractivity contribution in [2.75, 3.05) is 5.32 Å². The minimum atomic E-state index is -0.155. The average molecular weight is 355 g/mol. The molecule has 2 aromatic heterocycles. The van der Waals surface area contributed by atoms with E-state index >= 15 is 0 Å². The first-order valence-corrected chi connectivity index (χ1v) is 9.34. The minimum absolute atomic E-state index is 0.155. The summed E-state index contributed by atoms with van der Waals surface area (Å²) in [5.74, 6) is 1.24. The molecule has 0 spiro atoms. The molecule has 0 atom stereocenters. The minimum Gasteiger partial charge on any atom is -0.307 e. The van der Waals surface area contributed by atoms with Gasteiger partial charge in [-0.05, 0) is 49.7 Å². The molecule has 24 heavy (non-hydrogen) atoms. The maximum absolute atomic E-state index is 12.2. The molecule has 3 rings (SSSR count). The quantitative estimate of drug-likeness (QED) is 0.674. The molecule has 2 heterocycles. The van der Waals surface area contributed by atoms with Gasteiger partial charge < -0.3 is 5.32 Å². The third-order valence-corrected chi connectivity index (χ3v) is 5.19. The number of hydrogen-bond acceptors (Lipinski definition) is 5. The summed E-state index contributed by atoms with van der Waals surface area (Å²) in [6.07, 6.45) is 1.73. The first-order chi connectivity index (χ1) is 11.6. The Morgan fingerprint density at radius 2 is 1.96 bits per heavy atom. The van der Waals surface area contributed by atoms with E-state index in [1.807, 2.05) is 44.2 Å². The lowest BCUT2D eigenvalue weighted by Crippen LogP contribution is -2.12. The van der Waals surface area contributed by atoms with Crippen LogP contribution >= 0.6 is 23.1 Å². The van der Waals surface area contributed by atoms with Crippen molar-refractivity contribution in [2.45, 2.75) is 24.5 Å². The van der Waals surface area contributed by atoms with E-state index in [1.54, 1.807) is 35.4 Å². The van der Waals surface area contributed by atoms with Gasteiger partial charge in [-0.3, -0.25) is 4.79 Å². The Balaban J connectivity index is 1.59. The molecule has 0 aliphatic heterocycles. The van der Waals surface area contributed by atoms with E-state index < -0.39 is 0 Å². The van der Waals surface area contributed by atoms with Crippen LogP contribution in [0.2, 0.25) is 0 Å². The summed E-state index contributed by atoms with van der Waals surface area (Å²) < 4.78 is 0. The second-order valence-corrected chi connectivity index (χ2v) is 7.46. The number of nitrogens with zero attached hydrogens (tertiary/aromatic N) is 2. The number of rotatable bonds is 5. The van der Waals surface area contributed by atoms with E-state index in [2.05, 4.69) is 20.7 Å². The molecule has 0 radical (unpaired) electrons. The maximum Gasteiger partial charge on any atom is 0.256 e. The number of benzene rings is 1. The van der Waals surface area contributed by atoms with Crippen LogP contribution in [-0.2, 0) is 5.75 Å². The van der Waals surface area contributed by atoms with Gasteiger partial charge in [-0.25, -0.2) is 9.97 Å². The lowest BCUT2D eigenvalue weighted by atomic mass is 10.2. The Kier molecular flexibility index (Phi) is 5.27. The number of thiazole rings is 1. The summed E-state index contributed by atoms with van der Waals surface area (Å²) in [6, 6.07) is 11.3. The van der Waals surface area contributed by atoms with Crippen LogP contribution in [-0.4, -0.2) is 15.9 Å². The number of aryl methyl sites for hydroxylation is 2. The van der Waals surface area contributed by atoms with Crippen molar-refractivity contribution in [1.29, 1.82) is 0 Å². The smallest absolute Gasteiger partial charge is 0.256 e. The number of thioether (sulfide) groups is 1. The number of nitrogens with one attached hydrogen (secondary N) is 1. The molecule has 1 aromatic carbocycles. The largest absolute Gasteiger partial charge is 0.307 e. The van der Waals surface area contributed by atoms with Gasteiger partial charge in [0.25, 0.3) is 5.91 Å². The number of carbonyl (C=O) groups excluding carboxylic acids is 1. The standard InChI is InChI=1S/C18H17N3OS2/c1-12-3-8-17(19-9-12)21-18(22)14-4-6-16(7-5-14)24-11-15-10-23-13(2)20-15/h3-10H,11H2,1-2H3,(H,19,21,22). The number of carbonyl (C=O) groups is 1. The average Bonchev–Trinajstić information content (AvgIpc) is 3.01. The van der Waals surface area contributed by atoms with Gasteiger partial charge in [0, 0.05) is 27.8 Å². The Morgan fingerprint density at radius 1 is 1.17 bits per heavy atom. The van der Waals surface area contributed by atoms with E-state index in [-0.39, 0.29) is 5.91 Å². The van der Waals surface area contributed by atoms with Gasteiger partial charge in [0.05, 0.1) is 10.7 Å². The highest BCUT2D eigenvalue weighted by Gasteiger charge is 2.07. The van der Waals surface area contributed by atoms with Gasteiger partial charge in [-0.2, -0.15) is 0 Å². The van der Waals surface area contributed by atoms with Crippen LogP contribution in [0.5, 0.6) is 0 Å². The van der Waals surface area contributed by atoms with Crippen molar-refractivity contribution in [2.24, 2.45) is 0 Å². The van der Waals surface area contributed by atoms with Crippen molar-refractivity contribution in [3.8, 4) is 0 Å². The molecule has 6 heteroatoms.